The lowest BCUT2D eigenvalue weighted by Crippen LogP contribution is -2.38. The van der Waals surface area contributed by atoms with Crippen LogP contribution in [0.3, 0.4) is 0 Å². The Bertz CT molecular complexity index is 794. The van der Waals surface area contributed by atoms with Gasteiger partial charge in [-0.3, -0.25) is 0 Å². The molecule has 1 unspecified atom stereocenters. The molecule has 0 amide bonds. The molecule has 0 spiro atoms. The Morgan fingerprint density at radius 1 is 1.28 bits per heavy atom. The Labute approximate surface area is 177 Å². The van der Waals surface area contributed by atoms with Crippen molar-refractivity contribution in [2.45, 2.75) is 40.0 Å². The monoisotopic (exact) mass is 420 g/mol. The molecule has 7 nitrogen and oxygen atoms in total. The smallest absolute Gasteiger partial charge is 0.194 e. The van der Waals surface area contributed by atoms with E-state index >= 15 is 0 Å². The SMILES string of the molecule is CCNC(=NCc1ccc(OC)c(OCC)c1)N(C)Cc1csc(C(C)OC)n1. The molecule has 0 aliphatic rings. The highest BCUT2D eigenvalue weighted by Gasteiger charge is 2.13. The summed E-state index contributed by atoms with van der Waals surface area (Å²) in [5, 5.41) is 6.40. The summed E-state index contributed by atoms with van der Waals surface area (Å²) in [6.07, 6.45) is 0.00979. The van der Waals surface area contributed by atoms with Crippen LogP contribution in [0.2, 0.25) is 0 Å². The molecule has 0 aliphatic heterocycles. The Morgan fingerprint density at radius 2 is 2.07 bits per heavy atom. The van der Waals surface area contributed by atoms with Crippen molar-refractivity contribution >= 4 is 17.3 Å². The summed E-state index contributed by atoms with van der Waals surface area (Å²) in [5.74, 6) is 2.30. The van der Waals surface area contributed by atoms with Gasteiger partial charge in [0.2, 0.25) is 0 Å². The fraction of sp³-hybridized carbons (Fsp3) is 0.524. The summed E-state index contributed by atoms with van der Waals surface area (Å²) in [6.45, 7) is 8.62. The molecule has 160 valence electrons. The maximum Gasteiger partial charge on any atom is 0.194 e. The lowest BCUT2D eigenvalue weighted by atomic mass is 10.2. The maximum atomic E-state index is 5.66. The lowest BCUT2D eigenvalue weighted by molar-refractivity contribution is 0.119. The van der Waals surface area contributed by atoms with Crippen LogP contribution in [0.4, 0.5) is 0 Å². The van der Waals surface area contributed by atoms with Crippen LogP contribution < -0.4 is 14.8 Å². The van der Waals surface area contributed by atoms with Gasteiger partial charge in [0.1, 0.15) is 11.1 Å². The predicted octanol–water partition coefficient (Wildman–Crippen LogP) is 3.86. The van der Waals surface area contributed by atoms with Crippen LogP contribution in [0.15, 0.2) is 28.6 Å². The Hall–Kier alpha value is -2.32. The van der Waals surface area contributed by atoms with Crippen molar-refractivity contribution in [3.8, 4) is 11.5 Å². The highest BCUT2D eigenvalue weighted by atomic mass is 32.1. The van der Waals surface area contributed by atoms with Crippen LogP contribution in [0.1, 0.15) is 43.1 Å². The zero-order valence-corrected chi connectivity index (χ0v) is 19.0. The van der Waals surface area contributed by atoms with Gasteiger partial charge in [-0.2, -0.15) is 0 Å². The summed E-state index contributed by atoms with van der Waals surface area (Å²) in [6, 6.07) is 5.90. The molecule has 0 bridgehead atoms. The molecular formula is C21H32N4O3S. The third-order valence-electron chi connectivity index (χ3n) is 4.31. The van der Waals surface area contributed by atoms with Crippen LogP contribution in [-0.4, -0.2) is 50.3 Å². The van der Waals surface area contributed by atoms with Crippen LogP contribution in [-0.2, 0) is 17.8 Å². The minimum atomic E-state index is 0.00979. The summed E-state index contributed by atoms with van der Waals surface area (Å²) in [7, 11) is 5.36. The molecule has 0 radical (unpaired) electrons. The van der Waals surface area contributed by atoms with E-state index in [9.17, 15) is 0 Å². The number of methoxy groups -OCH3 is 2. The number of rotatable bonds is 10. The zero-order chi connectivity index (χ0) is 21.2. The number of hydrogen-bond acceptors (Lipinski definition) is 6. The molecule has 1 aromatic heterocycles. The van der Waals surface area contributed by atoms with E-state index in [-0.39, 0.29) is 6.10 Å². The fourth-order valence-electron chi connectivity index (χ4n) is 2.72. The predicted molar refractivity (Wildman–Crippen MR) is 118 cm³/mol. The molecule has 2 rings (SSSR count). The first-order chi connectivity index (χ1) is 14.0. The fourth-order valence-corrected chi connectivity index (χ4v) is 3.57. The average molecular weight is 421 g/mol. The summed E-state index contributed by atoms with van der Waals surface area (Å²) in [4.78, 5) is 11.5. The number of aromatic nitrogens is 1. The van der Waals surface area contributed by atoms with Crippen LogP contribution in [0.5, 0.6) is 11.5 Å². The van der Waals surface area contributed by atoms with Crippen molar-refractivity contribution in [3.63, 3.8) is 0 Å². The van der Waals surface area contributed by atoms with E-state index in [4.69, 9.17) is 19.2 Å². The van der Waals surface area contributed by atoms with E-state index in [0.717, 1.165) is 40.3 Å². The first kappa shape index (κ1) is 23.0. The van der Waals surface area contributed by atoms with Gasteiger partial charge in [-0.05, 0) is 38.5 Å². The Kier molecular flexibility index (Phi) is 9.21. The van der Waals surface area contributed by atoms with E-state index in [1.54, 1.807) is 25.6 Å². The lowest BCUT2D eigenvalue weighted by Gasteiger charge is -2.21. The normalized spacial score (nSPS) is 12.6. The van der Waals surface area contributed by atoms with Crippen molar-refractivity contribution in [2.75, 3.05) is 34.4 Å². The van der Waals surface area contributed by atoms with Crippen molar-refractivity contribution in [2.24, 2.45) is 4.99 Å². The van der Waals surface area contributed by atoms with E-state index in [1.807, 2.05) is 39.1 Å². The second-order valence-electron chi connectivity index (χ2n) is 6.50. The van der Waals surface area contributed by atoms with Crippen molar-refractivity contribution < 1.29 is 14.2 Å². The van der Waals surface area contributed by atoms with Crippen molar-refractivity contribution in [3.05, 3.63) is 39.8 Å². The number of nitrogens with one attached hydrogen (secondary N) is 1. The number of guanidine groups is 1. The van der Waals surface area contributed by atoms with Gasteiger partial charge in [-0.15, -0.1) is 11.3 Å². The molecule has 0 saturated heterocycles. The van der Waals surface area contributed by atoms with Crippen LogP contribution in [0.25, 0.3) is 0 Å². The second-order valence-corrected chi connectivity index (χ2v) is 7.39. The van der Waals surface area contributed by atoms with Gasteiger partial charge in [0, 0.05) is 26.1 Å². The number of benzene rings is 1. The quantitative estimate of drug-likeness (QED) is 0.465. The topological polar surface area (TPSA) is 68.2 Å². The zero-order valence-electron chi connectivity index (χ0n) is 18.2. The van der Waals surface area contributed by atoms with Crippen molar-refractivity contribution in [1.29, 1.82) is 0 Å². The molecule has 0 fully saturated rings. The summed E-state index contributed by atoms with van der Waals surface area (Å²) < 4.78 is 16.4. The first-order valence-electron chi connectivity index (χ1n) is 9.78. The largest absolute Gasteiger partial charge is 0.493 e. The molecular weight excluding hydrogens is 388 g/mol. The highest BCUT2D eigenvalue weighted by molar-refractivity contribution is 7.09. The number of thiazole rings is 1. The minimum absolute atomic E-state index is 0.00979. The molecule has 29 heavy (non-hydrogen) atoms. The molecule has 0 aliphatic carbocycles. The van der Waals surface area contributed by atoms with Crippen LogP contribution in [0, 0.1) is 0 Å². The number of nitrogens with zero attached hydrogens (tertiary/aromatic N) is 3. The second kappa shape index (κ2) is 11.6. The Balaban J connectivity index is 2.10. The molecule has 2 aromatic rings. The standard InChI is InChI=1S/C21H32N4O3S/c1-7-22-21(25(4)13-17-14-29-20(24-17)15(3)26-5)23-12-16-9-10-18(27-6)19(11-16)28-8-2/h9-11,14-15H,7-8,12-13H2,1-6H3,(H,22,23). The number of hydrogen-bond donors (Lipinski definition) is 1. The molecule has 1 atom stereocenters. The molecule has 1 heterocycles. The summed E-state index contributed by atoms with van der Waals surface area (Å²) >= 11 is 1.62. The third kappa shape index (κ3) is 6.61. The molecule has 8 heteroatoms. The van der Waals surface area contributed by atoms with E-state index < -0.39 is 0 Å². The van der Waals surface area contributed by atoms with E-state index in [0.29, 0.717) is 19.7 Å². The van der Waals surface area contributed by atoms with Gasteiger partial charge >= 0.3 is 0 Å². The average Bonchev–Trinajstić information content (AvgIpc) is 3.19. The minimum Gasteiger partial charge on any atom is -0.493 e. The van der Waals surface area contributed by atoms with Gasteiger partial charge in [-0.25, -0.2) is 9.98 Å². The number of aliphatic imine (C=N–C) groups is 1. The van der Waals surface area contributed by atoms with Gasteiger partial charge in [0.25, 0.3) is 0 Å². The summed E-state index contributed by atoms with van der Waals surface area (Å²) in [5.41, 5.74) is 2.06. The maximum absolute atomic E-state index is 5.66. The Morgan fingerprint density at radius 3 is 2.72 bits per heavy atom. The van der Waals surface area contributed by atoms with E-state index in [1.165, 1.54) is 0 Å². The van der Waals surface area contributed by atoms with E-state index in [2.05, 4.69) is 27.5 Å². The van der Waals surface area contributed by atoms with Crippen LogP contribution >= 0.6 is 11.3 Å². The highest BCUT2D eigenvalue weighted by Crippen LogP contribution is 2.28. The third-order valence-corrected chi connectivity index (χ3v) is 5.36. The van der Waals surface area contributed by atoms with Gasteiger partial charge in [0.15, 0.2) is 17.5 Å². The molecule has 1 aromatic carbocycles. The van der Waals surface area contributed by atoms with Crippen molar-refractivity contribution in [1.82, 2.24) is 15.2 Å². The number of ether oxygens (including phenoxy) is 3. The first-order valence-corrected chi connectivity index (χ1v) is 10.7. The molecule has 0 saturated carbocycles. The van der Waals surface area contributed by atoms with Gasteiger partial charge < -0.3 is 24.4 Å². The van der Waals surface area contributed by atoms with Gasteiger partial charge in [-0.1, -0.05) is 6.07 Å². The molecule has 1 N–H and O–H groups in total. The van der Waals surface area contributed by atoms with Gasteiger partial charge in [0.05, 0.1) is 32.5 Å².